The van der Waals surface area contributed by atoms with Crippen LogP contribution in [0.25, 0.3) is 0 Å². The lowest BCUT2D eigenvalue weighted by Gasteiger charge is -2.09. The first-order valence-corrected chi connectivity index (χ1v) is 8.06. The Labute approximate surface area is 149 Å². The molecule has 0 bridgehead atoms. The third-order valence-corrected chi connectivity index (χ3v) is 4.35. The van der Waals surface area contributed by atoms with Crippen molar-refractivity contribution in [3.63, 3.8) is 0 Å². The number of hydrogen-bond acceptors (Lipinski definition) is 5. The third-order valence-electron chi connectivity index (χ3n) is 2.82. The van der Waals surface area contributed by atoms with Gasteiger partial charge in [0.1, 0.15) is 23.2 Å². The number of carbonyl (C=O) groups excluding carboxylic acids is 2. The van der Waals surface area contributed by atoms with E-state index in [4.69, 9.17) is 17.3 Å². The molecule has 0 aliphatic heterocycles. The summed E-state index contributed by atoms with van der Waals surface area (Å²) in [7, 11) is 0. The average Bonchev–Trinajstić information content (AvgIpc) is 2.53. The summed E-state index contributed by atoms with van der Waals surface area (Å²) in [5.74, 6) is -3.18. The zero-order chi connectivity index (χ0) is 18.6. The van der Waals surface area contributed by atoms with Gasteiger partial charge in [-0.2, -0.15) is 5.10 Å². The Morgan fingerprint density at radius 2 is 2.08 bits per heavy atom. The van der Waals surface area contributed by atoms with Gasteiger partial charge in [0.05, 0.1) is 22.5 Å². The van der Waals surface area contributed by atoms with Crippen LogP contribution < -0.4 is 16.6 Å². The van der Waals surface area contributed by atoms with Gasteiger partial charge in [0, 0.05) is 6.07 Å². The van der Waals surface area contributed by atoms with E-state index in [-0.39, 0.29) is 21.4 Å². The Hall–Kier alpha value is -2.46. The Morgan fingerprint density at radius 3 is 2.72 bits per heavy atom. The van der Waals surface area contributed by atoms with E-state index in [1.54, 1.807) is 0 Å². The van der Waals surface area contributed by atoms with Crippen molar-refractivity contribution in [3.8, 4) is 0 Å². The first-order valence-electron chi connectivity index (χ1n) is 6.69. The minimum atomic E-state index is -0.954. The molecule has 2 amide bonds. The maximum atomic E-state index is 13.5. The second-order valence-corrected chi connectivity index (χ2v) is 6.11. The number of hydrogen-bond donors (Lipinski definition) is 2. The van der Waals surface area contributed by atoms with Crippen LogP contribution in [0.1, 0.15) is 0 Å². The second kappa shape index (κ2) is 8.08. The van der Waals surface area contributed by atoms with Gasteiger partial charge in [-0.1, -0.05) is 11.6 Å². The van der Waals surface area contributed by atoms with Crippen molar-refractivity contribution in [3.05, 3.63) is 51.4 Å². The van der Waals surface area contributed by atoms with Crippen LogP contribution in [0.5, 0.6) is 0 Å². The molecule has 0 radical (unpaired) electrons. The van der Waals surface area contributed by atoms with Crippen LogP contribution in [0, 0.1) is 11.6 Å². The monoisotopic (exact) mass is 388 g/mol. The summed E-state index contributed by atoms with van der Waals surface area (Å²) in [4.78, 5) is 35.0. The molecule has 0 aliphatic carbocycles. The number of halogens is 3. The van der Waals surface area contributed by atoms with Crippen molar-refractivity contribution in [2.24, 2.45) is 5.73 Å². The Kier molecular flexibility index (Phi) is 6.10. The van der Waals surface area contributed by atoms with E-state index in [2.05, 4.69) is 10.4 Å². The fourth-order valence-electron chi connectivity index (χ4n) is 1.73. The van der Waals surface area contributed by atoms with Crippen LogP contribution in [0.2, 0.25) is 5.02 Å². The molecule has 2 aromatic rings. The van der Waals surface area contributed by atoms with Crippen molar-refractivity contribution < 1.29 is 18.4 Å². The van der Waals surface area contributed by atoms with Gasteiger partial charge in [-0.3, -0.25) is 14.4 Å². The smallest absolute Gasteiger partial charge is 0.287 e. The normalized spacial score (nSPS) is 10.5. The zero-order valence-corrected chi connectivity index (χ0v) is 14.0. The van der Waals surface area contributed by atoms with Gasteiger partial charge < -0.3 is 11.1 Å². The molecule has 0 saturated carbocycles. The molecule has 25 heavy (non-hydrogen) atoms. The van der Waals surface area contributed by atoms with E-state index in [0.29, 0.717) is 6.07 Å². The van der Waals surface area contributed by atoms with Crippen LogP contribution in [0.4, 0.5) is 14.5 Å². The molecule has 1 aromatic heterocycles. The number of benzene rings is 1. The average molecular weight is 389 g/mol. The molecule has 1 heterocycles. The maximum Gasteiger partial charge on any atom is 0.287 e. The number of nitrogens with two attached hydrogens (primary N) is 1. The lowest BCUT2D eigenvalue weighted by Crippen LogP contribution is -2.30. The number of nitrogens with zero attached hydrogens (tertiary/aromatic N) is 2. The van der Waals surface area contributed by atoms with Gasteiger partial charge in [-0.25, -0.2) is 13.5 Å². The van der Waals surface area contributed by atoms with Crippen LogP contribution in [0.15, 0.2) is 34.1 Å². The van der Waals surface area contributed by atoms with E-state index < -0.39 is 35.6 Å². The molecular formula is C14H11ClF2N4O3S. The largest absolute Gasteiger partial charge is 0.369 e. The molecule has 3 N–H and O–H groups in total. The number of amides is 2. The highest BCUT2D eigenvalue weighted by atomic mass is 35.5. The quantitative estimate of drug-likeness (QED) is 0.727. The molecule has 0 aliphatic rings. The van der Waals surface area contributed by atoms with Crippen molar-refractivity contribution in [1.82, 2.24) is 9.78 Å². The SMILES string of the molecule is NC(=O)CSc1cnn(CC(=O)Nc2ccc(F)cc2F)c(=O)c1Cl. The van der Waals surface area contributed by atoms with Gasteiger partial charge in [0.25, 0.3) is 5.56 Å². The van der Waals surface area contributed by atoms with Crippen molar-refractivity contribution in [1.29, 1.82) is 0 Å². The van der Waals surface area contributed by atoms with Crippen molar-refractivity contribution in [2.75, 3.05) is 11.1 Å². The van der Waals surface area contributed by atoms with Gasteiger partial charge in [0.2, 0.25) is 11.8 Å². The maximum absolute atomic E-state index is 13.5. The molecule has 132 valence electrons. The fourth-order valence-corrected chi connectivity index (χ4v) is 2.67. The Bertz CT molecular complexity index is 891. The summed E-state index contributed by atoms with van der Waals surface area (Å²) < 4.78 is 27.1. The van der Waals surface area contributed by atoms with Crippen LogP contribution in [-0.4, -0.2) is 27.3 Å². The first-order chi connectivity index (χ1) is 11.8. The van der Waals surface area contributed by atoms with Gasteiger partial charge in [-0.05, 0) is 12.1 Å². The van der Waals surface area contributed by atoms with E-state index in [1.165, 1.54) is 6.20 Å². The standard InChI is InChI=1S/C14H11ClF2N4O3S/c15-13-10(25-6-11(18)22)4-19-21(14(13)24)5-12(23)20-9-2-1-7(16)3-8(9)17/h1-4H,5-6H2,(H2,18,22)(H,20,23). The summed E-state index contributed by atoms with van der Waals surface area (Å²) in [5, 5.41) is 5.74. The number of aromatic nitrogens is 2. The predicted molar refractivity (Wildman–Crippen MR) is 88.4 cm³/mol. The highest BCUT2D eigenvalue weighted by molar-refractivity contribution is 8.00. The van der Waals surface area contributed by atoms with Gasteiger partial charge in [0.15, 0.2) is 0 Å². The molecule has 11 heteroatoms. The molecule has 0 spiro atoms. The Morgan fingerprint density at radius 1 is 1.36 bits per heavy atom. The number of nitrogens with one attached hydrogen (secondary N) is 1. The molecule has 0 unspecified atom stereocenters. The zero-order valence-electron chi connectivity index (χ0n) is 12.5. The molecule has 1 aromatic carbocycles. The number of carbonyl (C=O) groups is 2. The van der Waals surface area contributed by atoms with Crippen molar-refractivity contribution >= 4 is 40.9 Å². The molecule has 0 atom stereocenters. The molecular weight excluding hydrogens is 378 g/mol. The second-order valence-electron chi connectivity index (χ2n) is 4.71. The predicted octanol–water partition coefficient (Wildman–Crippen LogP) is 1.39. The number of anilines is 1. The summed E-state index contributed by atoms with van der Waals surface area (Å²) in [6, 6.07) is 2.64. The third kappa shape index (κ3) is 5.00. The first kappa shape index (κ1) is 18.9. The number of thioether (sulfide) groups is 1. The van der Waals surface area contributed by atoms with E-state index in [0.717, 1.165) is 28.6 Å². The van der Waals surface area contributed by atoms with E-state index in [1.807, 2.05) is 0 Å². The summed E-state index contributed by atoms with van der Waals surface area (Å²) in [5.41, 5.74) is 4.01. The highest BCUT2D eigenvalue weighted by Crippen LogP contribution is 2.22. The number of rotatable bonds is 6. The summed E-state index contributed by atoms with van der Waals surface area (Å²) >= 11 is 6.82. The van der Waals surface area contributed by atoms with Crippen molar-refractivity contribution in [2.45, 2.75) is 11.4 Å². The van der Waals surface area contributed by atoms with E-state index in [9.17, 15) is 23.2 Å². The lowest BCUT2D eigenvalue weighted by atomic mass is 10.3. The fraction of sp³-hybridized carbons (Fsp3) is 0.143. The van der Waals surface area contributed by atoms with E-state index >= 15 is 0 Å². The van der Waals surface area contributed by atoms with Crippen LogP contribution in [-0.2, 0) is 16.1 Å². The van der Waals surface area contributed by atoms with Crippen LogP contribution >= 0.6 is 23.4 Å². The highest BCUT2D eigenvalue weighted by Gasteiger charge is 2.14. The molecule has 2 rings (SSSR count). The summed E-state index contributed by atoms with van der Waals surface area (Å²) in [6.07, 6.45) is 1.21. The minimum Gasteiger partial charge on any atom is -0.369 e. The van der Waals surface area contributed by atoms with Gasteiger partial charge in [-0.15, -0.1) is 11.8 Å². The van der Waals surface area contributed by atoms with Crippen LogP contribution in [0.3, 0.4) is 0 Å². The molecule has 7 nitrogen and oxygen atoms in total. The lowest BCUT2D eigenvalue weighted by molar-refractivity contribution is -0.117. The molecule has 0 saturated heterocycles. The van der Waals surface area contributed by atoms with Gasteiger partial charge >= 0.3 is 0 Å². The molecule has 0 fully saturated rings. The topological polar surface area (TPSA) is 107 Å². The Balaban J connectivity index is 2.11. The summed E-state index contributed by atoms with van der Waals surface area (Å²) in [6.45, 7) is -0.532. The number of primary amides is 1. The minimum absolute atomic E-state index is 0.0881.